The van der Waals surface area contributed by atoms with E-state index in [1.54, 1.807) is 6.26 Å². The van der Waals surface area contributed by atoms with Crippen LogP contribution in [0.15, 0.2) is 41.0 Å². The third-order valence-corrected chi connectivity index (χ3v) is 3.34. The second-order valence-corrected chi connectivity index (χ2v) is 5.01. The molecule has 1 heterocycles. The molecule has 1 atom stereocenters. The van der Waals surface area contributed by atoms with E-state index in [1.165, 1.54) is 18.2 Å². The summed E-state index contributed by atoms with van der Waals surface area (Å²) >= 11 is 0. The van der Waals surface area contributed by atoms with Crippen LogP contribution in [0.1, 0.15) is 35.0 Å². The van der Waals surface area contributed by atoms with Gasteiger partial charge in [-0.3, -0.25) is 0 Å². The number of nitrogens with one attached hydrogen (secondary N) is 1. The highest BCUT2D eigenvalue weighted by atomic mass is 19.1. The number of benzene rings is 1. The minimum atomic E-state index is -1.05. The zero-order valence-electron chi connectivity index (χ0n) is 11.8. The molecule has 1 aromatic carbocycles. The number of hydrogen-bond acceptors (Lipinski definition) is 3. The maximum Gasteiger partial charge on any atom is 0.335 e. The Morgan fingerprint density at radius 1 is 1.43 bits per heavy atom. The maximum absolute atomic E-state index is 13.6. The molecule has 0 aliphatic carbocycles. The van der Waals surface area contributed by atoms with Gasteiger partial charge in [0.1, 0.15) is 11.6 Å². The normalized spacial score (nSPS) is 12.3. The SMILES string of the molecule is CC(CCc1ccco1)NCc1cc(C(=O)O)ccc1F. The van der Waals surface area contributed by atoms with Crippen molar-refractivity contribution in [3.05, 3.63) is 59.3 Å². The molecule has 1 aromatic heterocycles. The van der Waals surface area contributed by atoms with Crippen molar-refractivity contribution < 1.29 is 18.7 Å². The molecule has 0 aliphatic rings. The average molecular weight is 291 g/mol. The van der Waals surface area contributed by atoms with Gasteiger partial charge >= 0.3 is 5.97 Å². The molecular weight excluding hydrogens is 273 g/mol. The largest absolute Gasteiger partial charge is 0.478 e. The van der Waals surface area contributed by atoms with E-state index >= 15 is 0 Å². The van der Waals surface area contributed by atoms with E-state index < -0.39 is 11.8 Å². The van der Waals surface area contributed by atoms with Gasteiger partial charge in [-0.2, -0.15) is 0 Å². The van der Waals surface area contributed by atoms with Gasteiger partial charge in [0, 0.05) is 24.6 Å². The molecule has 2 rings (SSSR count). The molecule has 2 aromatic rings. The number of halogens is 1. The van der Waals surface area contributed by atoms with E-state index in [0.29, 0.717) is 12.1 Å². The summed E-state index contributed by atoms with van der Waals surface area (Å²) in [6.07, 6.45) is 3.30. The highest BCUT2D eigenvalue weighted by Gasteiger charge is 2.10. The molecule has 0 aliphatic heterocycles. The van der Waals surface area contributed by atoms with Gasteiger partial charge in [0.15, 0.2) is 0 Å². The molecule has 0 spiro atoms. The van der Waals surface area contributed by atoms with Crippen LogP contribution in [-0.4, -0.2) is 17.1 Å². The van der Waals surface area contributed by atoms with Crippen molar-refractivity contribution >= 4 is 5.97 Å². The third kappa shape index (κ3) is 4.43. The fourth-order valence-electron chi connectivity index (χ4n) is 2.04. The van der Waals surface area contributed by atoms with Crippen LogP contribution in [-0.2, 0) is 13.0 Å². The van der Waals surface area contributed by atoms with Gasteiger partial charge in [-0.1, -0.05) is 0 Å². The zero-order valence-corrected chi connectivity index (χ0v) is 11.8. The Labute approximate surface area is 122 Å². The quantitative estimate of drug-likeness (QED) is 0.822. The van der Waals surface area contributed by atoms with Crippen molar-refractivity contribution in [3.8, 4) is 0 Å². The summed E-state index contributed by atoms with van der Waals surface area (Å²) in [5.41, 5.74) is 0.455. The van der Waals surface area contributed by atoms with Gasteiger partial charge in [-0.05, 0) is 43.7 Å². The highest BCUT2D eigenvalue weighted by Crippen LogP contribution is 2.12. The second-order valence-electron chi connectivity index (χ2n) is 5.01. The van der Waals surface area contributed by atoms with Crippen molar-refractivity contribution in [2.75, 3.05) is 0 Å². The summed E-state index contributed by atoms with van der Waals surface area (Å²) in [5.74, 6) is -0.532. The number of carboxylic acid groups (broad SMARTS) is 1. The number of carbonyl (C=O) groups is 1. The molecule has 2 N–H and O–H groups in total. The first kappa shape index (κ1) is 15.3. The predicted molar refractivity (Wildman–Crippen MR) is 76.7 cm³/mol. The monoisotopic (exact) mass is 291 g/mol. The van der Waals surface area contributed by atoms with Crippen molar-refractivity contribution in [2.24, 2.45) is 0 Å². The first-order valence-corrected chi connectivity index (χ1v) is 6.83. The molecule has 112 valence electrons. The van der Waals surface area contributed by atoms with Crippen molar-refractivity contribution in [2.45, 2.75) is 32.4 Å². The van der Waals surface area contributed by atoms with Crippen LogP contribution >= 0.6 is 0 Å². The molecule has 1 unspecified atom stereocenters. The first-order valence-electron chi connectivity index (χ1n) is 6.83. The molecule has 0 saturated heterocycles. The van der Waals surface area contributed by atoms with Gasteiger partial charge in [-0.25, -0.2) is 9.18 Å². The van der Waals surface area contributed by atoms with E-state index in [4.69, 9.17) is 9.52 Å². The number of hydrogen-bond donors (Lipinski definition) is 2. The van der Waals surface area contributed by atoms with Gasteiger partial charge in [-0.15, -0.1) is 0 Å². The number of furan rings is 1. The van der Waals surface area contributed by atoms with E-state index in [2.05, 4.69) is 5.32 Å². The Kier molecular flexibility index (Phi) is 5.11. The summed E-state index contributed by atoms with van der Waals surface area (Å²) in [7, 11) is 0. The van der Waals surface area contributed by atoms with Crippen LogP contribution in [0.3, 0.4) is 0 Å². The molecule has 0 radical (unpaired) electrons. The van der Waals surface area contributed by atoms with E-state index in [-0.39, 0.29) is 11.6 Å². The lowest BCUT2D eigenvalue weighted by Crippen LogP contribution is -2.26. The van der Waals surface area contributed by atoms with Crippen molar-refractivity contribution in [1.29, 1.82) is 0 Å². The van der Waals surface area contributed by atoms with Crippen LogP contribution in [0.5, 0.6) is 0 Å². The Bertz CT molecular complexity index is 596. The van der Waals surface area contributed by atoms with E-state index in [9.17, 15) is 9.18 Å². The van der Waals surface area contributed by atoms with Gasteiger partial charge in [0.2, 0.25) is 0 Å². The summed E-state index contributed by atoms with van der Waals surface area (Å²) in [6, 6.07) is 7.76. The molecule has 0 fully saturated rings. The highest BCUT2D eigenvalue weighted by molar-refractivity contribution is 5.87. The van der Waals surface area contributed by atoms with Gasteiger partial charge in [0.25, 0.3) is 0 Å². The second kappa shape index (κ2) is 7.04. The number of rotatable bonds is 7. The van der Waals surface area contributed by atoms with Crippen LogP contribution in [0.25, 0.3) is 0 Å². The Balaban J connectivity index is 1.87. The van der Waals surface area contributed by atoms with Crippen LogP contribution in [0.4, 0.5) is 4.39 Å². The van der Waals surface area contributed by atoms with Crippen LogP contribution < -0.4 is 5.32 Å². The summed E-state index contributed by atoms with van der Waals surface area (Å²) in [5, 5.41) is 12.1. The number of aromatic carboxylic acids is 1. The van der Waals surface area contributed by atoms with E-state index in [1.807, 2.05) is 19.1 Å². The maximum atomic E-state index is 13.6. The first-order chi connectivity index (χ1) is 10.1. The van der Waals surface area contributed by atoms with E-state index in [0.717, 1.165) is 18.6 Å². The fraction of sp³-hybridized carbons (Fsp3) is 0.312. The molecular formula is C16H18FNO3. The summed E-state index contributed by atoms with van der Waals surface area (Å²) < 4.78 is 18.9. The van der Waals surface area contributed by atoms with Gasteiger partial charge in [0.05, 0.1) is 11.8 Å². The molecule has 21 heavy (non-hydrogen) atoms. The van der Waals surface area contributed by atoms with Crippen LogP contribution in [0.2, 0.25) is 0 Å². The van der Waals surface area contributed by atoms with Crippen molar-refractivity contribution in [3.63, 3.8) is 0 Å². The molecule has 4 nitrogen and oxygen atoms in total. The fourth-order valence-corrected chi connectivity index (χ4v) is 2.04. The number of aryl methyl sites for hydroxylation is 1. The molecule has 0 bridgehead atoms. The lowest BCUT2D eigenvalue weighted by Gasteiger charge is -2.14. The minimum Gasteiger partial charge on any atom is -0.478 e. The molecule has 0 amide bonds. The van der Waals surface area contributed by atoms with Crippen LogP contribution in [0, 0.1) is 5.82 Å². The zero-order chi connectivity index (χ0) is 15.2. The summed E-state index contributed by atoms with van der Waals surface area (Å²) in [4.78, 5) is 10.9. The Morgan fingerprint density at radius 3 is 2.90 bits per heavy atom. The topological polar surface area (TPSA) is 62.5 Å². The Hall–Kier alpha value is -2.14. The minimum absolute atomic E-state index is 0.0939. The predicted octanol–water partition coefficient (Wildman–Crippen LogP) is 3.23. The summed E-state index contributed by atoms with van der Waals surface area (Å²) in [6.45, 7) is 2.30. The third-order valence-electron chi connectivity index (χ3n) is 3.34. The lowest BCUT2D eigenvalue weighted by atomic mass is 10.1. The number of carboxylic acids is 1. The average Bonchev–Trinajstić information content (AvgIpc) is 2.97. The van der Waals surface area contributed by atoms with Crippen molar-refractivity contribution in [1.82, 2.24) is 5.32 Å². The molecule has 5 heteroatoms. The smallest absolute Gasteiger partial charge is 0.335 e. The molecule has 0 saturated carbocycles. The standard InChI is InChI=1S/C16H18FNO3/c1-11(4-6-14-3-2-8-21-14)18-10-13-9-12(16(19)20)5-7-15(13)17/h2-3,5,7-9,11,18H,4,6,10H2,1H3,(H,19,20). The van der Waals surface area contributed by atoms with Gasteiger partial charge < -0.3 is 14.8 Å². The Morgan fingerprint density at radius 2 is 2.24 bits per heavy atom. The lowest BCUT2D eigenvalue weighted by molar-refractivity contribution is 0.0696.